The number of methoxy groups -OCH3 is 1. The highest BCUT2D eigenvalue weighted by atomic mass is 16.5. The van der Waals surface area contributed by atoms with Crippen molar-refractivity contribution in [3.8, 4) is 0 Å². The molecule has 0 spiro atoms. The molecule has 3 unspecified atom stereocenters. The molecule has 88 valence electrons. The van der Waals surface area contributed by atoms with Crippen LogP contribution in [0.4, 0.5) is 0 Å². The molecule has 0 aromatic rings. The lowest BCUT2D eigenvalue weighted by Crippen LogP contribution is -2.52. The Labute approximate surface area is 91.8 Å². The number of carbonyl (C=O) groups excluding carboxylic acids is 1. The van der Waals surface area contributed by atoms with Gasteiger partial charge >= 0.3 is 0 Å². The zero-order valence-electron chi connectivity index (χ0n) is 9.90. The van der Waals surface area contributed by atoms with Gasteiger partial charge in [0.1, 0.15) is 6.10 Å². The highest BCUT2D eigenvalue weighted by Crippen LogP contribution is 2.21. The molecule has 4 nitrogen and oxygen atoms in total. The number of carbonyl (C=O) groups is 1. The first-order valence-corrected chi connectivity index (χ1v) is 5.63. The van der Waals surface area contributed by atoms with Crippen molar-refractivity contribution < 1.29 is 9.53 Å². The van der Waals surface area contributed by atoms with Crippen molar-refractivity contribution in [1.29, 1.82) is 0 Å². The third-order valence-corrected chi connectivity index (χ3v) is 3.33. The van der Waals surface area contributed by atoms with Crippen LogP contribution in [0.2, 0.25) is 0 Å². The van der Waals surface area contributed by atoms with Gasteiger partial charge in [-0.3, -0.25) is 4.79 Å². The number of hydrogen-bond acceptors (Lipinski definition) is 3. The summed E-state index contributed by atoms with van der Waals surface area (Å²) in [4.78, 5) is 13.6. The van der Waals surface area contributed by atoms with E-state index >= 15 is 0 Å². The van der Waals surface area contributed by atoms with E-state index in [-0.39, 0.29) is 24.1 Å². The van der Waals surface area contributed by atoms with Gasteiger partial charge in [-0.25, -0.2) is 0 Å². The molecule has 1 amide bonds. The van der Waals surface area contributed by atoms with Crippen molar-refractivity contribution in [2.75, 3.05) is 14.2 Å². The third kappa shape index (κ3) is 2.92. The average molecular weight is 214 g/mol. The molecule has 1 aliphatic carbocycles. The van der Waals surface area contributed by atoms with Gasteiger partial charge in [0.25, 0.3) is 5.91 Å². The summed E-state index contributed by atoms with van der Waals surface area (Å²) in [5, 5.41) is 0. The van der Waals surface area contributed by atoms with Crippen LogP contribution in [0.3, 0.4) is 0 Å². The van der Waals surface area contributed by atoms with Gasteiger partial charge in [0.15, 0.2) is 0 Å². The Bertz CT molecular complexity index is 221. The number of rotatable bonds is 3. The smallest absolute Gasteiger partial charge is 0.251 e. The molecule has 3 atom stereocenters. The van der Waals surface area contributed by atoms with Crippen molar-refractivity contribution in [2.45, 2.75) is 50.8 Å². The van der Waals surface area contributed by atoms with Crippen LogP contribution >= 0.6 is 0 Å². The number of hydrogen-bond donors (Lipinski definition) is 1. The first kappa shape index (κ1) is 12.5. The van der Waals surface area contributed by atoms with Crippen LogP contribution in [-0.2, 0) is 9.53 Å². The molecule has 0 heterocycles. The first-order valence-electron chi connectivity index (χ1n) is 5.63. The molecule has 1 rings (SSSR count). The van der Waals surface area contributed by atoms with Gasteiger partial charge in [-0.2, -0.15) is 0 Å². The molecule has 15 heavy (non-hydrogen) atoms. The lowest BCUT2D eigenvalue weighted by molar-refractivity contribution is -0.142. The summed E-state index contributed by atoms with van der Waals surface area (Å²) in [6.07, 6.45) is 4.00. The van der Waals surface area contributed by atoms with E-state index in [0.717, 1.165) is 19.3 Å². The topological polar surface area (TPSA) is 55.6 Å². The SMILES string of the molecule is COC(C)C(=O)N(C)C1CCCCC1N. The molecule has 0 aromatic heterocycles. The van der Waals surface area contributed by atoms with Crippen LogP contribution in [0, 0.1) is 0 Å². The standard InChI is InChI=1S/C11H22N2O2/c1-8(15-3)11(14)13(2)10-7-5-4-6-9(10)12/h8-10H,4-7,12H2,1-3H3. The predicted octanol–water partition coefficient (Wildman–Crippen LogP) is 0.750. The maximum atomic E-state index is 11.9. The molecule has 2 N–H and O–H groups in total. The largest absolute Gasteiger partial charge is 0.372 e. The highest BCUT2D eigenvalue weighted by molar-refractivity contribution is 5.80. The Hall–Kier alpha value is -0.610. The van der Waals surface area contributed by atoms with Crippen molar-refractivity contribution in [2.24, 2.45) is 5.73 Å². The molecule has 0 aromatic carbocycles. The van der Waals surface area contributed by atoms with E-state index in [1.54, 1.807) is 18.9 Å². The normalized spacial score (nSPS) is 28.5. The quantitative estimate of drug-likeness (QED) is 0.754. The molecule has 1 aliphatic rings. The third-order valence-electron chi connectivity index (χ3n) is 3.33. The van der Waals surface area contributed by atoms with Crippen LogP contribution in [0.1, 0.15) is 32.6 Å². The predicted molar refractivity (Wildman–Crippen MR) is 59.5 cm³/mol. The Morgan fingerprint density at radius 3 is 2.60 bits per heavy atom. The first-order chi connectivity index (χ1) is 7.07. The molecular weight excluding hydrogens is 192 g/mol. The van der Waals surface area contributed by atoms with Gasteiger partial charge in [-0.15, -0.1) is 0 Å². The number of nitrogens with two attached hydrogens (primary N) is 1. The second-order valence-corrected chi connectivity index (χ2v) is 4.34. The molecule has 4 heteroatoms. The van der Waals surface area contributed by atoms with E-state index in [1.807, 2.05) is 7.05 Å². The minimum atomic E-state index is -0.371. The second kappa shape index (κ2) is 5.47. The lowest BCUT2D eigenvalue weighted by Gasteiger charge is -2.36. The summed E-state index contributed by atoms with van der Waals surface area (Å²) in [6.45, 7) is 1.77. The van der Waals surface area contributed by atoms with Crippen molar-refractivity contribution in [3.63, 3.8) is 0 Å². The van der Waals surface area contributed by atoms with Crippen molar-refractivity contribution >= 4 is 5.91 Å². The van der Waals surface area contributed by atoms with E-state index in [4.69, 9.17) is 10.5 Å². The van der Waals surface area contributed by atoms with Gasteiger partial charge in [0.05, 0.1) is 0 Å². The average Bonchev–Trinajstić information content (AvgIpc) is 2.26. The van der Waals surface area contributed by atoms with Gasteiger partial charge < -0.3 is 15.4 Å². The number of nitrogens with zero attached hydrogens (tertiary/aromatic N) is 1. The zero-order valence-corrected chi connectivity index (χ0v) is 9.90. The molecule has 1 fully saturated rings. The van der Waals surface area contributed by atoms with Crippen LogP contribution in [0.15, 0.2) is 0 Å². The summed E-state index contributed by atoms with van der Waals surface area (Å²) in [7, 11) is 3.38. The fourth-order valence-electron chi connectivity index (χ4n) is 2.17. The summed E-state index contributed by atoms with van der Waals surface area (Å²) < 4.78 is 5.03. The molecule has 0 bridgehead atoms. The van der Waals surface area contributed by atoms with Gasteiger partial charge in [-0.1, -0.05) is 12.8 Å². The summed E-state index contributed by atoms with van der Waals surface area (Å²) in [5.74, 6) is 0.0276. The monoisotopic (exact) mass is 214 g/mol. The van der Waals surface area contributed by atoms with E-state index in [9.17, 15) is 4.79 Å². The van der Waals surface area contributed by atoms with E-state index in [1.165, 1.54) is 6.42 Å². The Morgan fingerprint density at radius 2 is 2.07 bits per heavy atom. The van der Waals surface area contributed by atoms with Crippen molar-refractivity contribution in [1.82, 2.24) is 4.90 Å². The van der Waals surface area contributed by atoms with E-state index < -0.39 is 0 Å². The Kier molecular flexibility index (Phi) is 4.54. The van der Waals surface area contributed by atoms with Crippen LogP contribution in [0.5, 0.6) is 0 Å². The summed E-state index contributed by atoms with van der Waals surface area (Å²) in [6, 6.07) is 0.306. The maximum absolute atomic E-state index is 11.9. The fraction of sp³-hybridized carbons (Fsp3) is 0.909. The molecule has 0 radical (unpaired) electrons. The van der Waals surface area contributed by atoms with Gasteiger partial charge in [-0.05, 0) is 19.8 Å². The zero-order chi connectivity index (χ0) is 11.4. The molecular formula is C11H22N2O2. The maximum Gasteiger partial charge on any atom is 0.251 e. The Balaban J connectivity index is 2.57. The number of ether oxygens (including phenoxy) is 1. The second-order valence-electron chi connectivity index (χ2n) is 4.34. The van der Waals surface area contributed by atoms with E-state index in [0.29, 0.717) is 0 Å². The number of likely N-dealkylation sites (N-methyl/N-ethyl adjacent to an activating group) is 1. The van der Waals surface area contributed by atoms with E-state index in [2.05, 4.69) is 0 Å². The minimum absolute atomic E-state index is 0.0276. The van der Waals surface area contributed by atoms with Gasteiger partial charge in [0.2, 0.25) is 0 Å². The van der Waals surface area contributed by atoms with Crippen molar-refractivity contribution in [3.05, 3.63) is 0 Å². The van der Waals surface area contributed by atoms with Gasteiger partial charge in [0, 0.05) is 26.2 Å². The summed E-state index contributed by atoms with van der Waals surface area (Å²) in [5.41, 5.74) is 6.02. The van der Waals surface area contributed by atoms with Crippen LogP contribution < -0.4 is 5.73 Å². The highest BCUT2D eigenvalue weighted by Gasteiger charge is 2.30. The lowest BCUT2D eigenvalue weighted by atomic mass is 9.90. The van der Waals surface area contributed by atoms with Crippen LogP contribution in [-0.4, -0.2) is 43.2 Å². The van der Waals surface area contributed by atoms with Crippen LogP contribution in [0.25, 0.3) is 0 Å². The fourth-order valence-corrected chi connectivity index (χ4v) is 2.17. The molecule has 1 saturated carbocycles. The Morgan fingerprint density at radius 1 is 1.47 bits per heavy atom. The summed E-state index contributed by atoms with van der Waals surface area (Å²) >= 11 is 0. The molecule has 0 aliphatic heterocycles. The minimum Gasteiger partial charge on any atom is -0.372 e. The molecule has 0 saturated heterocycles. The number of amides is 1.